The van der Waals surface area contributed by atoms with Gasteiger partial charge in [0.15, 0.2) is 9.84 Å². The van der Waals surface area contributed by atoms with E-state index in [4.69, 9.17) is 0 Å². The predicted octanol–water partition coefficient (Wildman–Crippen LogP) is 2.72. The lowest BCUT2D eigenvalue weighted by molar-refractivity contribution is 0.0718. The minimum absolute atomic E-state index is 0.0956. The molecule has 7 heteroatoms. The summed E-state index contributed by atoms with van der Waals surface area (Å²) in [6, 6.07) is 14.2. The van der Waals surface area contributed by atoms with Crippen LogP contribution in [-0.4, -0.2) is 46.9 Å². The zero-order chi connectivity index (χ0) is 19.0. The zero-order valence-electron chi connectivity index (χ0n) is 15.1. The van der Waals surface area contributed by atoms with E-state index in [1.807, 2.05) is 31.3 Å². The smallest absolute Gasteiger partial charge is 0.272 e. The highest BCUT2D eigenvalue weighted by atomic mass is 32.2. The molecule has 1 aromatic carbocycles. The second-order valence-electron chi connectivity index (χ2n) is 6.82. The Morgan fingerprint density at radius 2 is 1.70 bits per heavy atom. The first-order valence-electron chi connectivity index (χ1n) is 9.00. The Morgan fingerprint density at radius 3 is 2.41 bits per heavy atom. The quantitative estimate of drug-likeness (QED) is 0.697. The molecule has 1 amide bonds. The van der Waals surface area contributed by atoms with Crippen LogP contribution in [0.2, 0.25) is 0 Å². The Labute approximate surface area is 158 Å². The summed E-state index contributed by atoms with van der Waals surface area (Å²) in [5.74, 6) is -0.0956. The average molecular weight is 383 g/mol. The van der Waals surface area contributed by atoms with E-state index in [2.05, 4.69) is 4.98 Å². The van der Waals surface area contributed by atoms with E-state index in [0.29, 0.717) is 42.2 Å². The molecule has 1 aliphatic rings. The van der Waals surface area contributed by atoms with Crippen molar-refractivity contribution >= 4 is 21.4 Å². The summed E-state index contributed by atoms with van der Waals surface area (Å²) in [5, 5.41) is -0.452. The lowest BCUT2D eigenvalue weighted by Crippen LogP contribution is -2.43. The number of benzene rings is 1. The molecule has 0 N–H and O–H groups in total. The topological polar surface area (TPSA) is 71.8 Å². The van der Waals surface area contributed by atoms with Gasteiger partial charge in [-0.15, -0.1) is 0 Å². The summed E-state index contributed by atoms with van der Waals surface area (Å²) in [6.45, 7) is 2.68. The van der Waals surface area contributed by atoms with E-state index in [9.17, 15) is 13.2 Å². The van der Waals surface area contributed by atoms with Gasteiger partial charge in [0.05, 0.1) is 15.8 Å². The van der Waals surface area contributed by atoms with Gasteiger partial charge in [-0.25, -0.2) is 13.4 Å². The lowest BCUT2D eigenvalue weighted by atomic mass is 10.1. The van der Waals surface area contributed by atoms with Crippen molar-refractivity contribution in [2.24, 2.45) is 0 Å². The highest BCUT2D eigenvalue weighted by Crippen LogP contribution is 2.26. The third-order valence-corrected chi connectivity index (χ3v) is 7.42. The second-order valence-corrected chi connectivity index (χ2v) is 9.05. The van der Waals surface area contributed by atoms with Gasteiger partial charge in [-0.3, -0.25) is 9.20 Å². The summed E-state index contributed by atoms with van der Waals surface area (Å²) in [5.41, 5.74) is 1.97. The molecule has 0 unspecified atom stereocenters. The molecule has 0 spiro atoms. The fraction of sp³-hybridized carbons (Fsp3) is 0.300. The number of hydrogen-bond donors (Lipinski definition) is 0. The number of hydrogen-bond acceptors (Lipinski definition) is 4. The Balaban J connectivity index is 1.52. The van der Waals surface area contributed by atoms with Gasteiger partial charge in [-0.2, -0.15) is 0 Å². The molecule has 0 bridgehead atoms. The van der Waals surface area contributed by atoms with Crippen molar-refractivity contribution in [1.29, 1.82) is 0 Å². The van der Waals surface area contributed by atoms with E-state index >= 15 is 0 Å². The number of sulfone groups is 1. The number of nitrogens with zero attached hydrogens (tertiary/aromatic N) is 3. The first kappa shape index (κ1) is 17.7. The standard InChI is InChI=1S/C20H21N3O3S/c1-15-19(23-12-6-5-9-18(23)21-15)20(24)22-13-10-17(11-14-22)27(25,26)16-7-3-2-4-8-16/h2-9,12,17H,10-11,13-14H2,1H3. The van der Waals surface area contributed by atoms with Gasteiger partial charge < -0.3 is 4.90 Å². The largest absolute Gasteiger partial charge is 0.337 e. The van der Waals surface area contributed by atoms with Crippen LogP contribution in [0.3, 0.4) is 0 Å². The minimum Gasteiger partial charge on any atom is -0.337 e. The zero-order valence-corrected chi connectivity index (χ0v) is 15.9. The monoisotopic (exact) mass is 383 g/mol. The van der Waals surface area contributed by atoms with E-state index in [1.54, 1.807) is 39.6 Å². The first-order chi connectivity index (χ1) is 13.0. The molecule has 1 aliphatic heterocycles. The van der Waals surface area contributed by atoms with Gasteiger partial charge in [0.25, 0.3) is 5.91 Å². The number of piperidine rings is 1. The van der Waals surface area contributed by atoms with Crippen LogP contribution >= 0.6 is 0 Å². The number of carbonyl (C=O) groups is 1. The van der Waals surface area contributed by atoms with E-state index < -0.39 is 15.1 Å². The number of carbonyl (C=O) groups excluding carboxylic acids is 1. The fourth-order valence-electron chi connectivity index (χ4n) is 3.69. The molecule has 3 aromatic rings. The van der Waals surface area contributed by atoms with Gasteiger partial charge in [-0.1, -0.05) is 24.3 Å². The molecule has 3 heterocycles. The Kier molecular flexibility index (Phi) is 4.47. The van der Waals surface area contributed by atoms with Crippen molar-refractivity contribution in [1.82, 2.24) is 14.3 Å². The minimum atomic E-state index is -3.36. The highest BCUT2D eigenvalue weighted by molar-refractivity contribution is 7.92. The number of aromatic nitrogens is 2. The second kappa shape index (κ2) is 6.81. The number of likely N-dealkylation sites (tertiary alicyclic amines) is 1. The van der Waals surface area contributed by atoms with Gasteiger partial charge in [-0.05, 0) is 44.0 Å². The van der Waals surface area contributed by atoms with Crippen LogP contribution in [0, 0.1) is 6.92 Å². The maximum Gasteiger partial charge on any atom is 0.272 e. The number of pyridine rings is 1. The number of rotatable bonds is 3. The van der Waals surface area contributed by atoms with Gasteiger partial charge in [0.1, 0.15) is 11.3 Å². The molecule has 140 valence electrons. The maximum absolute atomic E-state index is 13.0. The molecule has 0 aliphatic carbocycles. The average Bonchev–Trinajstić information content (AvgIpc) is 3.04. The molecule has 0 radical (unpaired) electrons. The third kappa shape index (κ3) is 3.12. The molecule has 4 rings (SSSR count). The van der Waals surface area contributed by atoms with Crippen LogP contribution in [-0.2, 0) is 9.84 Å². The van der Waals surface area contributed by atoms with Crippen LogP contribution in [0.15, 0.2) is 59.6 Å². The summed E-state index contributed by atoms with van der Waals surface area (Å²) >= 11 is 0. The molecular formula is C20H21N3O3S. The van der Waals surface area contributed by atoms with Crippen LogP contribution in [0.25, 0.3) is 5.65 Å². The molecule has 0 saturated carbocycles. The molecule has 27 heavy (non-hydrogen) atoms. The van der Waals surface area contributed by atoms with E-state index in [-0.39, 0.29) is 5.91 Å². The van der Waals surface area contributed by atoms with Crippen LogP contribution < -0.4 is 0 Å². The molecule has 0 atom stereocenters. The number of amides is 1. The van der Waals surface area contributed by atoms with Gasteiger partial charge >= 0.3 is 0 Å². The third-order valence-electron chi connectivity index (χ3n) is 5.15. The summed E-state index contributed by atoms with van der Waals surface area (Å²) in [7, 11) is -3.36. The predicted molar refractivity (Wildman–Crippen MR) is 102 cm³/mol. The lowest BCUT2D eigenvalue weighted by Gasteiger charge is -2.31. The molecule has 6 nitrogen and oxygen atoms in total. The van der Waals surface area contributed by atoms with E-state index in [1.165, 1.54) is 0 Å². The van der Waals surface area contributed by atoms with Crippen molar-refractivity contribution in [2.45, 2.75) is 29.9 Å². The van der Waals surface area contributed by atoms with Crippen molar-refractivity contribution in [3.63, 3.8) is 0 Å². The van der Waals surface area contributed by atoms with Crippen molar-refractivity contribution < 1.29 is 13.2 Å². The Bertz CT molecular complexity index is 1080. The molecule has 1 saturated heterocycles. The maximum atomic E-state index is 13.0. The summed E-state index contributed by atoms with van der Waals surface area (Å²) in [4.78, 5) is 19.6. The van der Waals surface area contributed by atoms with E-state index in [0.717, 1.165) is 5.65 Å². The Morgan fingerprint density at radius 1 is 1.04 bits per heavy atom. The highest BCUT2D eigenvalue weighted by Gasteiger charge is 2.33. The van der Waals surface area contributed by atoms with Crippen LogP contribution in [0.1, 0.15) is 29.0 Å². The Hall–Kier alpha value is -2.67. The van der Waals surface area contributed by atoms with Crippen molar-refractivity contribution in [3.8, 4) is 0 Å². The van der Waals surface area contributed by atoms with Gasteiger partial charge in [0.2, 0.25) is 0 Å². The number of fused-ring (bicyclic) bond motifs is 1. The summed E-state index contributed by atoms with van der Waals surface area (Å²) in [6.07, 6.45) is 2.71. The molecular weight excluding hydrogens is 362 g/mol. The molecule has 1 fully saturated rings. The fourth-order valence-corrected chi connectivity index (χ4v) is 5.45. The van der Waals surface area contributed by atoms with Gasteiger partial charge in [0, 0.05) is 19.3 Å². The number of imidazole rings is 1. The summed E-state index contributed by atoms with van der Waals surface area (Å²) < 4.78 is 27.4. The van der Waals surface area contributed by atoms with Crippen LogP contribution in [0.4, 0.5) is 0 Å². The first-order valence-corrected chi connectivity index (χ1v) is 10.5. The normalized spacial score (nSPS) is 16.0. The molecule has 2 aromatic heterocycles. The number of aryl methyl sites for hydroxylation is 1. The SMILES string of the molecule is Cc1nc2ccccn2c1C(=O)N1CCC(S(=O)(=O)c2ccccc2)CC1. The van der Waals surface area contributed by atoms with Crippen molar-refractivity contribution in [3.05, 3.63) is 66.1 Å². The van der Waals surface area contributed by atoms with Crippen LogP contribution in [0.5, 0.6) is 0 Å². The van der Waals surface area contributed by atoms with Crippen molar-refractivity contribution in [2.75, 3.05) is 13.1 Å².